The standard InChI is InChI=1S/C24H29FN6O2/c1-4-15(2)21-24(33)29-22-18(28-21)7-5-16(20(22)25)14-30-9-11-31(12-10-30)17-6-8-19(27-13-17)23(32)26-3/h5-8,13,15H,4,9-12,14H2,1-3H3,(H,26,32)(H,29,33). The van der Waals surface area contributed by atoms with Gasteiger partial charge in [0.2, 0.25) is 0 Å². The largest absolute Gasteiger partial charge is 0.368 e. The maximum Gasteiger partial charge on any atom is 0.270 e. The van der Waals surface area contributed by atoms with E-state index in [-0.39, 0.29) is 22.9 Å². The minimum absolute atomic E-state index is 0.0207. The summed E-state index contributed by atoms with van der Waals surface area (Å²) in [6, 6.07) is 7.16. The number of hydrogen-bond donors (Lipinski definition) is 2. The van der Waals surface area contributed by atoms with E-state index in [0.29, 0.717) is 29.0 Å². The molecule has 1 unspecified atom stereocenters. The third-order valence-corrected chi connectivity index (χ3v) is 6.33. The first kappa shape index (κ1) is 22.8. The van der Waals surface area contributed by atoms with Crippen molar-refractivity contribution >= 4 is 22.6 Å². The van der Waals surface area contributed by atoms with E-state index in [9.17, 15) is 9.59 Å². The topological polar surface area (TPSA) is 94.2 Å². The molecule has 1 fully saturated rings. The Morgan fingerprint density at radius 2 is 1.97 bits per heavy atom. The highest BCUT2D eigenvalue weighted by Crippen LogP contribution is 2.22. The summed E-state index contributed by atoms with van der Waals surface area (Å²) in [6.45, 7) is 7.46. The molecule has 4 rings (SSSR count). The van der Waals surface area contributed by atoms with Gasteiger partial charge in [-0.15, -0.1) is 0 Å². The van der Waals surface area contributed by atoms with Crippen molar-refractivity contribution in [3.63, 3.8) is 0 Å². The van der Waals surface area contributed by atoms with Crippen LogP contribution in [0.1, 0.15) is 47.9 Å². The van der Waals surface area contributed by atoms with Gasteiger partial charge in [-0.25, -0.2) is 14.4 Å². The van der Waals surface area contributed by atoms with Crippen molar-refractivity contribution in [2.24, 2.45) is 0 Å². The van der Waals surface area contributed by atoms with E-state index in [0.717, 1.165) is 38.3 Å². The SMILES string of the molecule is CCC(C)c1nc2ccc(CN3CCN(c4ccc(C(=O)NC)nc4)CC3)c(F)c2[nH]c1=O. The second kappa shape index (κ2) is 9.66. The normalized spacial score (nSPS) is 15.6. The second-order valence-corrected chi connectivity index (χ2v) is 8.44. The van der Waals surface area contributed by atoms with Crippen molar-refractivity contribution in [2.45, 2.75) is 32.7 Å². The van der Waals surface area contributed by atoms with Crippen molar-refractivity contribution in [1.82, 2.24) is 25.2 Å². The zero-order valence-corrected chi connectivity index (χ0v) is 19.2. The first-order valence-corrected chi connectivity index (χ1v) is 11.3. The van der Waals surface area contributed by atoms with Crippen LogP contribution in [0.3, 0.4) is 0 Å². The number of rotatable bonds is 6. The van der Waals surface area contributed by atoms with Gasteiger partial charge in [-0.2, -0.15) is 0 Å². The number of anilines is 1. The van der Waals surface area contributed by atoms with Crippen molar-refractivity contribution in [3.05, 3.63) is 63.6 Å². The number of benzene rings is 1. The molecule has 0 saturated carbocycles. The molecule has 2 N–H and O–H groups in total. The molecule has 2 aromatic heterocycles. The highest BCUT2D eigenvalue weighted by Gasteiger charge is 2.21. The predicted molar refractivity (Wildman–Crippen MR) is 126 cm³/mol. The predicted octanol–water partition coefficient (Wildman–Crippen LogP) is 2.65. The summed E-state index contributed by atoms with van der Waals surface area (Å²) in [5.74, 6) is -0.604. The molecule has 3 heterocycles. The van der Waals surface area contributed by atoms with Gasteiger partial charge in [0.05, 0.1) is 17.4 Å². The number of fused-ring (bicyclic) bond motifs is 1. The summed E-state index contributed by atoms with van der Waals surface area (Å²) in [7, 11) is 1.58. The molecule has 1 amide bonds. The summed E-state index contributed by atoms with van der Waals surface area (Å²) >= 11 is 0. The fourth-order valence-corrected chi connectivity index (χ4v) is 4.07. The molecule has 0 radical (unpaired) electrons. The van der Waals surface area contributed by atoms with Crippen molar-refractivity contribution in [2.75, 3.05) is 38.1 Å². The first-order chi connectivity index (χ1) is 15.9. The molecule has 3 aromatic rings. The van der Waals surface area contributed by atoms with E-state index in [1.165, 1.54) is 0 Å². The van der Waals surface area contributed by atoms with Crippen molar-refractivity contribution in [3.8, 4) is 0 Å². The zero-order chi connectivity index (χ0) is 23.5. The summed E-state index contributed by atoms with van der Waals surface area (Å²) in [4.78, 5) is 39.8. The summed E-state index contributed by atoms with van der Waals surface area (Å²) < 4.78 is 15.2. The lowest BCUT2D eigenvalue weighted by molar-refractivity contribution is 0.0958. The number of H-pyrrole nitrogens is 1. The Morgan fingerprint density at radius 1 is 1.21 bits per heavy atom. The van der Waals surface area contributed by atoms with Crippen LogP contribution in [0.5, 0.6) is 0 Å². The van der Waals surface area contributed by atoms with Gasteiger partial charge in [0, 0.05) is 51.3 Å². The average molecular weight is 453 g/mol. The Kier molecular flexibility index (Phi) is 6.69. The van der Waals surface area contributed by atoms with Gasteiger partial charge in [-0.05, 0) is 24.6 Å². The number of aromatic amines is 1. The molecule has 9 heteroatoms. The minimum atomic E-state index is -0.413. The quantitative estimate of drug-likeness (QED) is 0.597. The number of halogens is 1. The molecule has 1 aliphatic heterocycles. The molecule has 0 bridgehead atoms. The monoisotopic (exact) mass is 452 g/mol. The molecule has 1 atom stereocenters. The van der Waals surface area contributed by atoms with Crippen molar-refractivity contribution < 1.29 is 9.18 Å². The number of amides is 1. The minimum Gasteiger partial charge on any atom is -0.368 e. The Hall–Kier alpha value is -3.33. The van der Waals surface area contributed by atoms with Gasteiger partial charge in [-0.3, -0.25) is 14.5 Å². The van der Waals surface area contributed by atoms with Gasteiger partial charge < -0.3 is 15.2 Å². The number of aromatic nitrogens is 3. The third-order valence-electron chi connectivity index (χ3n) is 6.33. The van der Waals surface area contributed by atoms with Gasteiger partial charge in [0.1, 0.15) is 16.9 Å². The van der Waals surface area contributed by atoms with Crippen LogP contribution >= 0.6 is 0 Å². The lowest BCUT2D eigenvalue weighted by Gasteiger charge is -2.36. The van der Waals surface area contributed by atoms with Crippen LogP contribution in [0, 0.1) is 5.82 Å². The number of hydrogen-bond acceptors (Lipinski definition) is 6. The Labute approximate surface area is 191 Å². The lowest BCUT2D eigenvalue weighted by atomic mass is 10.0. The average Bonchev–Trinajstić information content (AvgIpc) is 2.85. The van der Waals surface area contributed by atoms with Crippen LogP contribution in [0.2, 0.25) is 0 Å². The first-order valence-electron chi connectivity index (χ1n) is 11.3. The van der Waals surface area contributed by atoms with E-state index in [1.54, 1.807) is 31.4 Å². The fourth-order valence-electron chi connectivity index (χ4n) is 4.07. The Balaban J connectivity index is 1.44. The Bertz CT molecular complexity index is 1200. The molecule has 174 valence electrons. The highest BCUT2D eigenvalue weighted by atomic mass is 19.1. The number of piperazine rings is 1. The van der Waals surface area contributed by atoms with Crippen molar-refractivity contribution in [1.29, 1.82) is 0 Å². The number of carbonyl (C=O) groups is 1. The molecule has 1 aromatic carbocycles. The van der Waals surface area contributed by atoms with Gasteiger partial charge >= 0.3 is 0 Å². The van der Waals surface area contributed by atoms with Crippen LogP contribution in [-0.4, -0.2) is 59.0 Å². The molecule has 0 aliphatic carbocycles. The second-order valence-electron chi connectivity index (χ2n) is 8.44. The van der Waals surface area contributed by atoms with E-state index in [4.69, 9.17) is 0 Å². The molecular formula is C24H29FN6O2. The van der Waals surface area contributed by atoms with E-state index in [1.807, 2.05) is 19.9 Å². The summed E-state index contributed by atoms with van der Waals surface area (Å²) in [5.41, 5.74) is 2.66. The van der Waals surface area contributed by atoms with Gasteiger partial charge in [0.15, 0.2) is 5.82 Å². The summed E-state index contributed by atoms with van der Waals surface area (Å²) in [6.07, 6.45) is 2.50. The van der Waals surface area contributed by atoms with E-state index in [2.05, 4.69) is 30.1 Å². The molecule has 8 nitrogen and oxygen atoms in total. The number of nitrogens with one attached hydrogen (secondary N) is 2. The van der Waals surface area contributed by atoms with Gasteiger partial charge in [-0.1, -0.05) is 19.9 Å². The number of pyridine rings is 1. The zero-order valence-electron chi connectivity index (χ0n) is 19.2. The third kappa shape index (κ3) is 4.73. The number of carbonyl (C=O) groups excluding carboxylic acids is 1. The maximum atomic E-state index is 15.2. The lowest BCUT2D eigenvalue weighted by Crippen LogP contribution is -2.46. The smallest absolute Gasteiger partial charge is 0.270 e. The van der Waals surface area contributed by atoms with Crippen LogP contribution in [0.15, 0.2) is 35.3 Å². The molecule has 1 saturated heterocycles. The van der Waals surface area contributed by atoms with Crippen LogP contribution in [0.25, 0.3) is 11.0 Å². The van der Waals surface area contributed by atoms with Gasteiger partial charge in [0.25, 0.3) is 11.5 Å². The maximum absolute atomic E-state index is 15.2. The molecule has 1 aliphatic rings. The van der Waals surface area contributed by atoms with Crippen LogP contribution < -0.4 is 15.8 Å². The Morgan fingerprint density at radius 3 is 2.61 bits per heavy atom. The van der Waals surface area contributed by atoms with Crippen LogP contribution in [-0.2, 0) is 6.54 Å². The molecule has 0 spiro atoms. The summed E-state index contributed by atoms with van der Waals surface area (Å²) in [5, 5.41) is 2.56. The van der Waals surface area contributed by atoms with E-state index >= 15 is 4.39 Å². The molecule has 33 heavy (non-hydrogen) atoms. The highest BCUT2D eigenvalue weighted by molar-refractivity contribution is 5.92. The molecular weight excluding hydrogens is 423 g/mol. The van der Waals surface area contributed by atoms with E-state index < -0.39 is 5.82 Å². The fraction of sp³-hybridized carbons (Fsp3) is 0.417. The van der Waals surface area contributed by atoms with Crippen LogP contribution in [0.4, 0.5) is 10.1 Å². The number of nitrogens with zero attached hydrogens (tertiary/aromatic N) is 4.